The highest BCUT2D eigenvalue weighted by atomic mass is 32.2. The summed E-state index contributed by atoms with van der Waals surface area (Å²) in [5.41, 5.74) is 2.51. The SMILES string of the molecule is CCc1cccc(NC(=O)CSc2nc3ccsc3c(=O)n2CCOC)c1. The van der Waals surface area contributed by atoms with Crippen LogP contribution in [-0.2, 0) is 22.5 Å². The highest BCUT2D eigenvalue weighted by Gasteiger charge is 2.14. The summed E-state index contributed by atoms with van der Waals surface area (Å²) in [6.07, 6.45) is 0.912. The maximum Gasteiger partial charge on any atom is 0.272 e. The van der Waals surface area contributed by atoms with Crippen LogP contribution >= 0.6 is 23.1 Å². The zero-order valence-corrected chi connectivity index (χ0v) is 16.9. The van der Waals surface area contributed by atoms with Crippen molar-refractivity contribution >= 4 is 44.9 Å². The van der Waals surface area contributed by atoms with Gasteiger partial charge < -0.3 is 10.1 Å². The number of ether oxygens (including phenoxy) is 1. The minimum Gasteiger partial charge on any atom is -0.383 e. The van der Waals surface area contributed by atoms with Crippen LogP contribution in [0.1, 0.15) is 12.5 Å². The molecule has 0 radical (unpaired) electrons. The van der Waals surface area contributed by atoms with E-state index in [1.165, 1.54) is 28.7 Å². The summed E-state index contributed by atoms with van der Waals surface area (Å²) in [7, 11) is 1.59. The maximum absolute atomic E-state index is 12.7. The van der Waals surface area contributed by atoms with Gasteiger partial charge in [0.15, 0.2) is 5.16 Å². The number of carbonyl (C=O) groups excluding carboxylic acids is 1. The van der Waals surface area contributed by atoms with Crippen molar-refractivity contribution in [3.63, 3.8) is 0 Å². The number of rotatable bonds is 8. The second-order valence-corrected chi connectivity index (χ2v) is 7.73. The minimum atomic E-state index is -0.133. The molecule has 27 heavy (non-hydrogen) atoms. The summed E-state index contributed by atoms with van der Waals surface area (Å²) in [6, 6.07) is 9.61. The number of amides is 1. The third kappa shape index (κ3) is 4.77. The molecule has 1 N–H and O–H groups in total. The van der Waals surface area contributed by atoms with E-state index < -0.39 is 0 Å². The molecule has 0 bridgehead atoms. The number of thiophene rings is 1. The van der Waals surface area contributed by atoms with Gasteiger partial charge in [0, 0.05) is 12.8 Å². The van der Waals surface area contributed by atoms with Crippen LogP contribution in [0.2, 0.25) is 0 Å². The molecule has 1 amide bonds. The van der Waals surface area contributed by atoms with Gasteiger partial charge in [-0.05, 0) is 35.6 Å². The van der Waals surface area contributed by atoms with Gasteiger partial charge in [-0.25, -0.2) is 4.98 Å². The van der Waals surface area contributed by atoms with Crippen LogP contribution in [0.4, 0.5) is 5.69 Å². The first-order chi connectivity index (χ1) is 13.1. The lowest BCUT2D eigenvalue weighted by Crippen LogP contribution is -2.25. The molecule has 0 aliphatic carbocycles. The number of aryl methyl sites for hydroxylation is 1. The summed E-state index contributed by atoms with van der Waals surface area (Å²) in [4.78, 5) is 29.6. The van der Waals surface area contributed by atoms with Crippen molar-refractivity contribution in [1.29, 1.82) is 0 Å². The standard InChI is InChI=1S/C19H21N3O3S2/c1-3-13-5-4-6-14(11-13)20-16(23)12-27-19-21-15-7-10-26-17(15)18(24)22(19)8-9-25-2/h4-7,10-11H,3,8-9,12H2,1-2H3,(H,20,23). The fourth-order valence-electron chi connectivity index (χ4n) is 2.61. The van der Waals surface area contributed by atoms with Crippen molar-refractivity contribution in [2.45, 2.75) is 25.0 Å². The van der Waals surface area contributed by atoms with Crippen molar-refractivity contribution in [2.75, 3.05) is 24.8 Å². The predicted molar refractivity (Wildman–Crippen MR) is 111 cm³/mol. The topological polar surface area (TPSA) is 73.2 Å². The molecule has 0 fully saturated rings. The first-order valence-electron chi connectivity index (χ1n) is 8.61. The Morgan fingerprint density at radius 2 is 2.22 bits per heavy atom. The number of nitrogens with zero attached hydrogens (tertiary/aromatic N) is 2. The van der Waals surface area contributed by atoms with E-state index in [-0.39, 0.29) is 17.2 Å². The number of carbonyl (C=O) groups is 1. The largest absolute Gasteiger partial charge is 0.383 e. The van der Waals surface area contributed by atoms with E-state index in [2.05, 4.69) is 17.2 Å². The molecule has 0 aliphatic heterocycles. The smallest absolute Gasteiger partial charge is 0.272 e. The molecular weight excluding hydrogens is 382 g/mol. The first kappa shape index (κ1) is 19.6. The van der Waals surface area contributed by atoms with Crippen LogP contribution in [-0.4, -0.2) is 34.9 Å². The van der Waals surface area contributed by atoms with Gasteiger partial charge in [-0.15, -0.1) is 11.3 Å². The van der Waals surface area contributed by atoms with Gasteiger partial charge in [0.1, 0.15) is 4.70 Å². The number of fused-ring (bicyclic) bond motifs is 1. The summed E-state index contributed by atoms with van der Waals surface area (Å²) >= 11 is 2.63. The van der Waals surface area contributed by atoms with E-state index >= 15 is 0 Å². The van der Waals surface area contributed by atoms with Gasteiger partial charge in [-0.1, -0.05) is 30.8 Å². The number of aromatic nitrogens is 2. The number of anilines is 1. The fraction of sp³-hybridized carbons (Fsp3) is 0.316. The van der Waals surface area contributed by atoms with E-state index in [9.17, 15) is 9.59 Å². The number of benzene rings is 1. The third-order valence-corrected chi connectivity index (χ3v) is 5.87. The molecule has 0 aliphatic rings. The van der Waals surface area contributed by atoms with E-state index in [1.54, 1.807) is 11.7 Å². The molecule has 0 unspecified atom stereocenters. The monoisotopic (exact) mass is 403 g/mol. The van der Waals surface area contributed by atoms with Crippen molar-refractivity contribution in [2.24, 2.45) is 0 Å². The van der Waals surface area contributed by atoms with Crippen LogP contribution in [0.3, 0.4) is 0 Å². The second kappa shape index (κ2) is 9.16. The number of thioether (sulfide) groups is 1. The third-order valence-electron chi connectivity index (χ3n) is 4.00. The lowest BCUT2D eigenvalue weighted by molar-refractivity contribution is -0.113. The molecule has 142 valence electrons. The van der Waals surface area contributed by atoms with Crippen molar-refractivity contribution in [3.8, 4) is 0 Å². The first-order valence-corrected chi connectivity index (χ1v) is 10.5. The molecule has 3 rings (SSSR count). The maximum atomic E-state index is 12.7. The molecule has 8 heteroatoms. The van der Waals surface area contributed by atoms with E-state index in [4.69, 9.17) is 4.74 Å². The zero-order chi connectivity index (χ0) is 19.2. The molecule has 0 atom stereocenters. The van der Waals surface area contributed by atoms with Gasteiger partial charge in [0.2, 0.25) is 5.91 Å². The van der Waals surface area contributed by atoms with Crippen molar-refractivity contribution in [1.82, 2.24) is 9.55 Å². The zero-order valence-electron chi connectivity index (χ0n) is 15.2. The lowest BCUT2D eigenvalue weighted by Gasteiger charge is -2.11. The van der Waals surface area contributed by atoms with Gasteiger partial charge in [-0.2, -0.15) is 0 Å². The van der Waals surface area contributed by atoms with Gasteiger partial charge >= 0.3 is 0 Å². The summed E-state index contributed by atoms with van der Waals surface area (Å²) < 4.78 is 7.31. The normalized spacial score (nSPS) is 11.0. The Morgan fingerprint density at radius 1 is 1.37 bits per heavy atom. The Morgan fingerprint density at radius 3 is 3.00 bits per heavy atom. The average molecular weight is 404 g/mol. The summed E-state index contributed by atoms with van der Waals surface area (Å²) in [5, 5.41) is 5.28. The molecular formula is C19H21N3O3S2. The van der Waals surface area contributed by atoms with Crippen LogP contribution in [0, 0.1) is 0 Å². The number of hydrogen-bond donors (Lipinski definition) is 1. The van der Waals surface area contributed by atoms with Crippen molar-refractivity contribution < 1.29 is 9.53 Å². The van der Waals surface area contributed by atoms with Crippen LogP contribution in [0.5, 0.6) is 0 Å². The summed E-state index contributed by atoms with van der Waals surface area (Å²) in [6.45, 7) is 2.88. The van der Waals surface area contributed by atoms with Crippen LogP contribution in [0.25, 0.3) is 10.2 Å². The Hall–Kier alpha value is -2.16. The Kier molecular flexibility index (Phi) is 6.65. The van der Waals surface area contributed by atoms with E-state index in [0.29, 0.717) is 28.5 Å². The van der Waals surface area contributed by atoms with E-state index in [1.807, 2.05) is 35.7 Å². The molecule has 1 aromatic carbocycles. The molecule has 0 spiro atoms. The van der Waals surface area contributed by atoms with Crippen molar-refractivity contribution in [3.05, 3.63) is 51.6 Å². The van der Waals surface area contributed by atoms with Crippen LogP contribution < -0.4 is 10.9 Å². The number of hydrogen-bond acceptors (Lipinski definition) is 6. The molecule has 2 aromatic heterocycles. The Bertz CT molecular complexity index is 997. The van der Waals surface area contributed by atoms with Crippen LogP contribution in [0.15, 0.2) is 45.7 Å². The predicted octanol–water partition coefficient (Wildman–Crippen LogP) is 3.40. The number of nitrogens with one attached hydrogen (secondary N) is 1. The molecule has 6 nitrogen and oxygen atoms in total. The highest BCUT2D eigenvalue weighted by Crippen LogP contribution is 2.21. The highest BCUT2D eigenvalue weighted by molar-refractivity contribution is 7.99. The molecule has 3 aromatic rings. The minimum absolute atomic E-state index is 0.0920. The quantitative estimate of drug-likeness (QED) is 0.461. The molecule has 0 saturated heterocycles. The summed E-state index contributed by atoms with van der Waals surface area (Å²) in [5.74, 6) is 0.0389. The van der Waals surface area contributed by atoms with Gasteiger partial charge in [0.25, 0.3) is 5.56 Å². The van der Waals surface area contributed by atoms with E-state index in [0.717, 1.165) is 12.1 Å². The fourth-order valence-corrected chi connectivity index (χ4v) is 4.21. The molecule has 2 heterocycles. The average Bonchev–Trinajstić information content (AvgIpc) is 3.15. The molecule has 0 saturated carbocycles. The number of methoxy groups -OCH3 is 1. The van der Waals surface area contributed by atoms with Gasteiger partial charge in [0.05, 0.1) is 24.4 Å². The van der Waals surface area contributed by atoms with Gasteiger partial charge in [-0.3, -0.25) is 14.2 Å². The Balaban J connectivity index is 1.75. The lowest BCUT2D eigenvalue weighted by atomic mass is 10.1. The second-order valence-electron chi connectivity index (χ2n) is 5.87. The Labute approximate surface area is 165 Å².